The number of benzene rings is 1. The monoisotopic (exact) mass is 367 g/mol. The fraction of sp³-hybridized carbons (Fsp3) is 0.500. The van der Waals surface area contributed by atoms with Crippen molar-refractivity contribution in [3.8, 4) is 0 Å². The van der Waals surface area contributed by atoms with Crippen molar-refractivity contribution in [2.75, 3.05) is 50.9 Å². The van der Waals surface area contributed by atoms with Crippen LogP contribution in [0, 0.1) is 6.92 Å². The molecule has 1 aromatic heterocycles. The van der Waals surface area contributed by atoms with E-state index in [1.165, 1.54) is 22.5 Å². The summed E-state index contributed by atoms with van der Waals surface area (Å²) >= 11 is 0. The minimum absolute atomic E-state index is 0.488. The van der Waals surface area contributed by atoms with Crippen LogP contribution in [0.2, 0.25) is 0 Å². The zero-order valence-corrected chi connectivity index (χ0v) is 16.9. The maximum absolute atomic E-state index is 6.04. The Morgan fingerprint density at radius 2 is 2.00 bits per heavy atom. The molecule has 1 aromatic carbocycles. The Labute approximate surface area is 163 Å². The first-order valence-corrected chi connectivity index (χ1v) is 9.97. The van der Waals surface area contributed by atoms with E-state index in [1.54, 1.807) is 0 Å². The molecule has 0 aliphatic carbocycles. The van der Waals surface area contributed by atoms with Gasteiger partial charge in [-0.1, -0.05) is 18.2 Å². The Balaban J connectivity index is 1.69. The van der Waals surface area contributed by atoms with E-state index in [0.29, 0.717) is 11.7 Å². The molecular weight excluding hydrogens is 334 g/mol. The summed E-state index contributed by atoms with van der Waals surface area (Å²) in [7, 11) is 4.16. The van der Waals surface area contributed by atoms with Crippen LogP contribution in [0.1, 0.15) is 35.6 Å². The van der Waals surface area contributed by atoms with Crippen molar-refractivity contribution < 1.29 is 0 Å². The summed E-state index contributed by atoms with van der Waals surface area (Å²) in [6, 6.07) is 12.9. The highest BCUT2D eigenvalue weighted by Gasteiger charge is 2.24. The summed E-state index contributed by atoms with van der Waals surface area (Å²) in [5.74, 6) is 1.12. The van der Waals surface area contributed by atoms with Gasteiger partial charge in [0.05, 0.1) is 5.69 Å². The molecule has 1 fully saturated rings. The van der Waals surface area contributed by atoms with Crippen molar-refractivity contribution in [2.45, 2.75) is 32.2 Å². The Morgan fingerprint density at radius 1 is 1.22 bits per heavy atom. The van der Waals surface area contributed by atoms with Crippen LogP contribution in [-0.2, 0) is 6.54 Å². The van der Waals surface area contributed by atoms with Crippen LogP contribution in [0.3, 0.4) is 0 Å². The molecule has 0 amide bonds. The SMILES string of the molecule is CNCCN(C)Cc1ccc(N)nc1C1CCN(c2cccc(C)c2)CC1. The number of rotatable bonds is 7. The van der Waals surface area contributed by atoms with Gasteiger partial charge < -0.3 is 20.9 Å². The van der Waals surface area contributed by atoms with E-state index >= 15 is 0 Å². The number of hydrogen-bond donors (Lipinski definition) is 2. The Morgan fingerprint density at radius 3 is 2.70 bits per heavy atom. The van der Waals surface area contributed by atoms with Gasteiger partial charge in [-0.3, -0.25) is 0 Å². The number of nitrogens with zero attached hydrogens (tertiary/aromatic N) is 3. The number of aromatic nitrogens is 1. The van der Waals surface area contributed by atoms with Crippen LogP contribution < -0.4 is 16.0 Å². The lowest BCUT2D eigenvalue weighted by molar-refractivity contribution is 0.324. The second kappa shape index (κ2) is 9.20. The van der Waals surface area contributed by atoms with Crippen LogP contribution in [0.4, 0.5) is 11.5 Å². The van der Waals surface area contributed by atoms with E-state index in [9.17, 15) is 0 Å². The summed E-state index contributed by atoms with van der Waals surface area (Å²) in [5, 5.41) is 3.21. The normalized spacial score (nSPS) is 15.5. The predicted octanol–water partition coefficient (Wildman–Crippen LogP) is 3.01. The second-order valence-electron chi connectivity index (χ2n) is 7.72. The summed E-state index contributed by atoms with van der Waals surface area (Å²) in [6.45, 7) is 7.22. The van der Waals surface area contributed by atoms with E-state index in [0.717, 1.165) is 45.6 Å². The second-order valence-corrected chi connectivity index (χ2v) is 7.72. The first kappa shape index (κ1) is 19.6. The third-order valence-electron chi connectivity index (χ3n) is 5.47. The van der Waals surface area contributed by atoms with Crippen molar-refractivity contribution in [2.24, 2.45) is 0 Å². The van der Waals surface area contributed by atoms with Gasteiger partial charge in [0.15, 0.2) is 0 Å². The molecular formula is C22H33N5. The molecule has 0 unspecified atom stereocenters. The Hall–Kier alpha value is -2.11. The molecule has 3 rings (SSSR count). The smallest absolute Gasteiger partial charge is 0.123 e. The third kappa shape index (κ3) is 5.21. The summed E-state index contributed by atoms with van der Waals surface area (Å²) in [4.78, 5) is 9.60. The van der Waals surface area contributed by atoms with Crippen molar-refractivity contribution in [1.29, 1.82) is 0 Å². The number of piperidine rings is 1. The molecule has 2 heterocycles. The molecule has 0 spiro atoms. The molecule has 27 heavy (non-hydrogen) atoms. The highest BCUT2D eigenvalue weighted by molar-refractivity contribution is 5.49. The number of nitrogen functional groups attached to an aromatic ring is 1. The van der Waals surface area contributed by atoms with Crippen LogP contribution >= 0.6 is 0 Å². The van der Waals surface area contributed by atoms with Gasteiger partial charge in [0, 0.05) is 44.3 Å². The van der Waals surface area contributed by atoms with Gasteiger partial charge in [-0.2, -0.15) is 0 Å². The standard InChI is InChI=1S/C22H33N5/c1-17-5-4-6-20(15-17)27-12-9-18(10-13-27)22-19(7-8-21(23)25-22)16-26(3)14-11-24-2/h4-8,15,18,24H,9-14,16H2,1-3H3,(H2,23,25). The number of nitrogens with one attached hydrogen (secondary N) is 1. The van der Waals surface area contributed by atoms with Gasteiger partial charge in [-0.25, -0.2) is 4.98 Å². The molecule has 146 valence electrons. The van der Waals surface area contributed by atoms with Crippen molar-refractivity contribution >= 4 is 11.5 Å². The fourth-order valence-electron chi connectivity index (χ4n) is 3.91. The zero-order valence-electron chi connectivity index (χ0n) is 16.9. The van der Waals surface area contributed by atoms with Crippen LogP contribution in [0.15, 0.2) is 36.4 Å². The number of hydrogen-bond acceptors (Lipinski definition) is 5. The minimum Gasteiger partial charge on any atom is -0.384 e. The van der Waals surface area contributed by atoms with E-state index in [-0.39, 0.29) is 0 Å². The van der Waals surface area contributed by atoms with Gasteiger partial charge in [-0.15, -0.1) is 0 Å². The third-order valence-corrected chi connectivity index (χ3v) is 5.47. The molecule has 1 aliphatic rings. The maximum Gasteiger partial charge on any atom is 0.123 e. The summed E-state index contributed by atoms with van der Waals surface area (Å²) < 4.78 is 0. The summed E-state index contributed by atoms with van der Waals surface area (Å²) in [6.07, 6.45) is 2.25. The van der Waals surface area contributed by atoms with E-state index in [2.05, 4.69) is 59.4 Å². The highest BCUT2D eigenvalue weighted by Crippen LogP contribution is 2.32. The van der Waals surface area contributed by atoms with Crippen LogP contribution in [0.5, 0.6) is 0 Å². The van der Waals surface area contributed by atoms with Crippen LogP contribution in [-0.4, -0.2) is 50.2 Å². The molecule has 5 nitrogen and oxygen atoms in total. The van der Waals surface area contributed by atoms with Crippen molar-refractivity contribution in [3.05, 3.63) is 53.2 Å². The van der Waals surface area contributed by atoms with Gasteiger partial charge in [0.2, 0.25) is 0 Å². The quantitative estimate of drug-likeness (QED) is 0.788. The molecule has 2 aromatic rings. The fourth-order valence-corrected chi connectivity index (χ4v) is 3.91. The lowest BCUT2D eigenvalue weighted by Crippen LogP contribution is -2.34. The predicted molar refractivity (Wildman–Crippen MR) is 114 cm³/mol. The lowest BCUT2D eigenvalue weighted by atomic mass is 9.90. The highest BCUT2D eigenvalue weighted by atomic mass is 15.1. The molecule has 1 saturated heterocycles. The Kier molecular flexibility index (Phi) is 6.69. The first-order chi connectivity index (χ1) is 13.1. The molecule has 5 heteroatoms. The molecule has 0 atom stereocenters. The molecule has 1 aliphatic heterocycles. The minimum atomic E-state index is 0.488. The average molecular weight is 368 g/mol. The Bertz CT molecular complexity index is 737. The molecule has 0 bridgehead atoms. The van der Waals surface area contributed by atoms with Crippen LogP contribution in [0.25, 0.3) is 0 Å². The van der Waals surface area contributed by atoms with E-state index in [4.69, 9.17) is 10.7 Å². The zero-order chi connectivity index (χ0) is 19.2. The topological polar surface area (TPSA) is 57.4 Å². The molecule has 3 N–H and O–H groups in total. The van der Waals surface area contributed by atoms with Gasteiger partial charge in [0.25, 0.3) is 0 Å². The summed E-state index contributed by atoms with van der Waals surface area (Å²) in [5.41, 5.74) is 11.2. The van der Waals surface area contributed by atoms with Crippen molar-refractivity contribution in [3.63, 3.8) is 0 Å². The van der Waals surface area contributed by atoms with Gasteiger partial charge >= 0.3 is 0 Å². The van der Waals surface area contributed by atoms with Crippen molar-refractivity contribution in [1.82, 2.24) is 15.2 Å². The number of nitrogens with two attached hydrogens (primary N) is 1. The molecule has 0 radical (unpaired) electrons. The van der Waals surface area contributed by atoms with Gasteiger partial charge in [0.1, 0.15) is 5.82 Å². The number of aryl methyl sites for hydroxylation is 1. The average Bonchev–Trinajstić information content (AvgIpc) is 2.68. The lowest BCUT2D eigenvalue weighted by Gasteiger charge is -2.34. The largest absolute Gasteiger partial charge is 0.384 e. The van der Waals surface area contributed by atoms with E-state index in [1.807, 2.05) is 13.1 Å². The van der Waals surface area contributed by atoms with Gasteiger partial charge in [-0.05, 0) is 63.2 Å². The molecule has 0 saturated carbocycles. The maximum atomic E-state index is 6.04. The number of likely N-dealkylation sites (N-methyl/N-ethyl adjacent to an activating group) is 2. The number of anilines is 2. The number of pyridine rings is 1. The first-order valence-electron chi connectivity index (χ1n) is 9.97. The van der Waals surface area contributed by atoms with E-state index < -0.39 is 0 Å².